The van der Waals surface area contributed by atoms with Gasteiger partial charge in [0.05, 0.1) is 24.8 Å². The lowest BCUT2D eigenvalue weighted by Crippen LogP contribution is -2.55. The highest BCUT2D eigenvalue weighted by Gasteiger charge is 2.45. The molecule has 2 N–H and O–H groups in total. The van der Waals surface area contributed by atoms with E-state index in [9.17, 15) is 9.59 Å². The molecule has 0 bridgehead atoms. The van der Waals surface area contributed by atoms with Gasteiger partial charge in [-0.1, -0.05) is 53.4 Å². The molecule has 8 nitrogen and oxygen atoms in total. The van der Waals surface area contributed by atoms with Gasteiger partial charge in [0, 0.05) is 41.8 Å². The van der Waals surface area contributed by atoms with E-state index in [1.165, 1.54) is 0 Å². The van der Waals surface area contributed by atoms with Gasteiger partial charge in [-0.25, -0.2) is 4.79 Å². The number of nitrogens with zero attached hydrogens (tertiary/aromatic N) is 4. The average Bonchev–Trinajstić information content (AvgIpc) is 3.38. The van der Waals surface area contributed by atoms with Crippen molar-refractivity contribution < 1.29 is 14.3 Å². The quantitative estimate of drug-likeness (QED) is 0.378. The third kappa shape index (κ3) is 6.24. The fourth-order valence-corrected chi connectivity index (χ4v) is 5.65. The first-order valence-electron chi connectivity index (χ1n) is 13.7. The summed E-state index contributed by atoms with van der Waals surface area (Å²) >= 11 is 12.5. The van der Waals surface area contributed by atoms with Gasteiger partial charge in [-0.2, -0.15) is 0 Å². The summed E-state index contributed by atoms with van der Waals surface area (Å²) in [5.74, 6) is 3.29. The molecule has 42 heavy (non-hydrogen) atoms. The molecular formula is C32H31Cl2N5O3. The van der Waals surface area contributed by atoms with Crippen LogP contribution in [0.2, 0.25) is 10.0 Å². The van der Waals surface area contributed by atoms with Crippen LogP contribution >= 0.6 is 23.2 Å². The first kappa shape index (κ1) is 29.5. The lowest BCUT2D eigenvalue weighted by molar-refractivity contribution is -0.119. The molecule has 2 aliphatic heterocycles. The number of primary amides is 1. The maximum Gasteiger partial charge on any atom is 0.326 e. The SMILES string of the molecule is C#Cc1ccc(C2=N[C@@H](c3ccc(Cl)cc3)[C@@H](c3ccc(Cl)cc3)N2C(=O)N2CCN(CC(N)=O)CC2)c(OCC)c1. The third-order valence-corrected chi connectivity index (χ3v) is 7.91. The zero-order chi connectivity index (χ0) is 29.8. The molecule has 2 heterocycles. The zero-order valence-corrected chi connectivity index (χ0v) is 24.7. The number of aliphatic imine (C=N–C) groups is 1. The summed E-state index contributed by atoms with van der Waals surface area (Å²) in [5, 5.41) is 1.20. The number of benzene rings is 3. The van der Waals surface area contributed by atoms with E-state index < -0.39 is 18.0 Å². The summed E-state index contributed by atoms with van der Waals surface area (Å²) < 4.78 is 6.02. The number of nitrogens with two attached hydrogens (primary N) is 1. The van der Waals surface area contributed by atoms with Crippen molar-refractivity contribution in [3.63, 3.8) is 0 Å². The number of ether oxygens (including phenoxy) is 1. The average molecular weight is 605 g/mol. The number of hydrogen-bond acceptors (Lipinski definition) is 5. The second kappa shape index (κ2) is 12.9. The van der Waals surface area contributed by atoms with Crippen LogP contribution in [0.15, 0.2) is 71.7 Å². The van der Waals surface area contributed by atoms with Crippen LogP contribution in [0.25, 0.3) is 0 Å². The summed E-state index contributed by atoms with van der Waals surface area (Å²) in [6.45, 7) is 4.39. The van der Waals surface area contributed by atoms with Crippen molar-refractivity contribution in [1.82, 2.24) is 14.7 Å². The summed E-state index contributed by atoms with van der Waals surface area (Å²) in [6.07, 6.45) is 5.69. The van der Waals surface area contributed by atoms with Crippen LogP contribution in [-0.4, -0.2) is 71.8 Å². The van der Waals surface area contributed by atoms with Crippen molar-refractivity contribution in [1.29, 1.82) is 0 Å². The second-order valence-electron chi connectivity index (χ2n) is 10.1. The molecule has 5 rings (SSSR count). The number of urea groups is 1. The number of piperazine rings is 1. The lowest BCUT2D eigenvalue weighted by Gasteiger charge is -2.38. The molecule has 0 aromatic heterocycles. The van der Waals surface area contributed by atoms with Gasteiger partial charge < -0.3 is 15.4 Å². The van der Waals surface area contributed by atoms with Crippen molar-refractivity contribution in [2.75, 3.05) is 39.3 Å². The third-order valence-electron chi connectivity index (χ3n) is 7.41. The molecule has 0 unspecified atom stereocenters. The smallest absolute Gasteiger partial charge is 0.326 e. The largest absolute Gasteiger partial charge is 0.493 e. The molecule has 1 fully saturated rings. The van der Waals surface area contributed by atoms with E-state index in [1.807, 2.05) is 72.5 Å². The molecule has 0 radical (unpaired) electrons. The van der Waals surface area contributed by atoms with Crippen LogP contribution in [0.3, 0.4) is 0 Å². The molecule has 0 spiro atoms. The van der Waals surface area contributed by atoms with E-state index in [2.05, 4.69) is 5.92 Å². The Morgan fingerprint density at radius 3 is 2.17 bits per heavy atom. The van der Waals surface area contributed by atoms with E-state index in [0.29, 0.717) is 65.5 Å². The minimum absolute atomic E-state index is 0.156. The zero-order valence-electron chi connectivity index (χ0n) is 23.2. The lowest BCUT2D eigenvalue weighted by atomic mass is 9.93. The van der Waals surface area contributed by atoms with E-state index >= 15 is 0 Å². The Hall–Kier alpha value is -4.03. The first-order chi connectivity index (χ1) is 20.3. The van der Waals surface area contributed by atoms with Crippen LogP contribution in [0.1, 0.15) is 41.3 Å². The van der Waals surface area contributed by atoms with Crippen LogP contribution in [0.5, 0.6) is 5.75 Å². The number of rotatable bonds is 7. The summed E-state index contributed by atoms with van der Waals surface area (Å²) in [7, 11) is 0. The molecule has 2 aliphatic rings. The van der Waals surface area contributed by atoms with Crippen molar-refractivity contribution in [3.8, 4) is 18.1 Å². The molecule has 0 aliphatic carbocycles. The second-order valence-corrected chi connectivity index (χ2v) is 11.0. The van der Waals surface area contributed by atoms with Gasteiger partial charge in [0.15, 0.2) is 0 Å². The number of carbonyl (C=O) groups excluding carboxylic acids is 2. The van der Waals surface area contributed by atoms with Gasteiger partial charge in [-0.3, -0.25) is 19.6 Å². The summed E-state index contributed by atoms with van der Waals surface area (Å²) in [4.78, 5) is 36.7. The maximum absolute atomic E-state index is 14.5. The van der Waals surface area contributed by atoms with Crippen LogP contribution in [0, 0.1) is 12.3 Å². The van der Waals surface area contributed by atoms with Gasteiger partial charge in [0.25, 0.3) is 0 Å². The van der Waals surface area contributed by atoms with Gasteiger partial charge in [-0.15, -0.1) is 6.42 Å². The standard InChI is InChI=1S/C32H31Cl2N5O3/c1-3-21-5-14-26(27(19-21)42-4-2)31-36-29(22-6-10-24(33)11-7-22)30(23-8-12-25(34)13-9-23)39(31)32(41)38-17-15-37(16-18-38)20-28(35)40/h1,5-14,19,29-30H,4,15-18,20H2,2H3,(H2,35,40)/t29-,30+/m0/s1. The molecule has 1 saturated heterocycles. The monoisotopic (exact) mass is 603 g/mol. The van der Waals surface area contributed by atoms with E-state index in [1.54, 1.807) is 15.9 Å². The van der Waals surface area contributed by atoms with Crippen molar-refractivity contribution in [3.05, 3.63) is 99.0 Å². The van der Waals surface area contributed by atoms with E-state index in [4.69, 9.17) is 45.1 Å². The highest BCUT2D eigenvalue weighted by molar-refractivity contribution is 6.30. The topological polar surface area (TPSA) is 91.5 Å². The van der Waals surface area contributed by atoms with Crippen molar-refractivity contribution in [2.24, 2.45) is 10.7 Å². The number of amides is 3. The molecule has 3 amide bonds. The minimum atomic E-state index is -0.489. The minimum Gasteiger partial charge on any atom is -0.493 e. The van der Waals surface area contributed by atoms with Gasteiger partial charge in [0.1, 0.15) is 17.6 Å². The number of hydrogen-bond donors (Lipinski definition) is 1. The highest BCUT2D eigenvalue weighted by atomic mass is 35.5. The Bertz CT molecular complexity index is 1530. The van der Waals surface area contributed by atoms with Crippen LogP contribution in [-0.2, 0) is 4.79 Å². The van der Waals surface area contributed by atoms with E-state index in [0.717, 1.165) is 11.1 Å². The fraction of sp³-hybridized carbons (Fsp3) is 0.281. The Balaban J connectivity index is 1.63. The van der Waals surface area contributed by atoms with Gasteiger partial charge in [0.2, 0.25) is 5.91 Å². The molecular weight excluding hydrogens is 573 g/mol. The molecule has 0 saturated carbocycles. The Kier molecular flexibility index (Phi) is 9.03. The fourth-order valence-electron chi connectivity index (χ4n) is 5.40. The Labute approximate surface area is 255 Å². The summed E-state index contributed by atoms with van der Waals surface area (Å²) in [6, 6.07) is 19.3. The predicted molar refractivity (Wildman–Crippen MR) is 165 cm³/mol. The number of amidine groups is 1. The van der Waals surface area contributed by atoms with Gasteiger partial charge >= 0.3 is 6.03 Å². The summed E-state index contributed by atoms with van der Waals surface area (Å²) in [5.41, 5.74) is 8.50. The first-order valence-corrected chi connectivity index (χ1v) is 14.5. The molecule has 216 valence electrons. The van der Waals surface area contributed by atoms with E-state index in [-0.39, 0.29) is 12.6 Å². The van der Waals surface area contributed by atoms with Gasteiger partial charge in [-0.05, 0) is 60.5 Å². The maximum atomic E-state index is 14.5. The predicted octanol–water partition coefficient (Wildman–Crippen LogP) is 5.14. The molecule has 10 heteroatoms. The number of halogens is 2. The van der Waals surface area contributed by atoms with Crippen LogP contribution < -0.4 is 10.5 Å². The van der Waals surface area contributed by atoms with Crippen LogP contribution in [0.4, 0.5) is 4.79 Å². The number of terminal acetylenes is 1. The number of carbonyl (C=O) groups is 2. The molecule has 3 aromatic carbocycles. The Morgan fingerprint density at radius 2 is 1.60 bits per heavy atom. The Morgan fingerprint density at radius 1 is 0.976 bits per heavy atom. The highest BCUT2D eigenvalue weighted by Crippen LogP contribution is 2.45. The normalized spacial score (nSPS) is 18.9. The van der Waals surface area contributed by atoms with Crippen molar-refractivity contribution >= 4 is 41.0 Å². The van der Waals surface area contributed by atoms with Crippen molar-refractivity contribution in [2.45, 2.75) is 19.0 Å². The molecule has 3 aromatic rings. The molecule has 2 atom stereocenters.